The third kappa shape index (κ3) is 7.53. The number of phosphoric acid groups is 3. The number of fused-ring (bicyclic) bond motifs is 2. The number of ether oxygens (including phenoxy) is 2. The van der Waals surface area contributed by atoms with Gasteiger partial charge in [0.15, 0.2) is 34.8 Å². The molecule has 4 aromatic heterocycles. The van der Waals surface area contributed by atoms with Gasteiger partial charge < -0.3 is 56.0 Å². The van der Waals surface area contributed by atoms with Crippen LogP contribution in [0.25, 0.3) is 22.3 Å². The van der Waals surface area contributed by atoms with Crippen LogP contribution in [0.4, 0.5) is 11.9 Å². The summed E-state index contributed by atoms with van der Waals surface area (Å²) >= 11 is 0. The second-order valence-corrected chi connectivity index (χ2v) is 15.4. The highest BCUT2D eigenvalue weighted by Crippen LogP contribution is 2.67. The van der Waals surface area contributed by atoms with Crippen LogP contribution in [0, 0.1) is 0 Å². The van der Waals surface area contributed by atoms with Crippen molar-refractivity contribution in [3.8, 4) is 0 Å². The van der Waals surface area contributed by atoms with Gasteiger partial charge >= 0.3 is 23.5 Å². The van der Waals surface area contributed by atoms with Crippen molar-refractivity contribution < 1.29 is 75.9 Å². The lowest BCUT2D eigenvalue weighted by Crippen LogP contribution is -2.33. The molecule has 2 fully saturated rings. The highest BCUT2D eigenvalue weighted by molar-refractivity contribution is 7.66. The lowest BCUT2D eigenvalue weighted by atomic mass is 10.1. The molecule has 2 saturated heterocycles. The highest BCUT2D eigenvalue weighted by atomic mass is 31.3. The number of hydrogen-bond acceptors (Lipinski definition) is 21. The summed E-state index contributed by atoms with van der Waals surface area (Å²) in [6.45, 7) is -2.19. The van der Waals surface area contributed by atoms with Gasteiger partial charge in [0.1, 0.15) is 36.6 Å². The molecule has 6 rings (SSSR count). The van der Waals surface area contributed by atoms with Crippen molar-refractivity contribution >= 4 is 57.7 Å². The molecule has 0 aliphatic carbocycles. The van der Waals surface area contributed by atoms with Crippen LogP contribution >= 0.6 is 23.5 Å². The molecule has 0 spiro atoms. The van der Waals surface area contributed by atoms with Crippen molar-refractivity contribution in [1.29, 1.82) is 0 Å². The van der Waals surface area contributed by atoms with E-state index in [0.717, 1.165) is 21.8 Å². The number of aliphatic hydroxyl groups is 4. The number of hydrogen-bond donors (Lipinski definition) is 11. The molecule has 28 nitrogen and oxygen atoms in total. The monoisotopic (exact) mass is 788 g/mol. The molecule has 0 aromatic carbocycles. The fourth-order valence-corrected chi connectivity index (χ4v) is 8.63. The predicted octanol–water partition coefficient (Wildman–Crippen LogP) is -3.98. The zero-order valence-corrected chi connectivity index (χ0v) is 27.7. The van der Waals surface area contributed by atoms with Gasteiger partial charge in [-0.1, -0.05) is 0 Å². The topological polar surface area (TPSA) is 427 Å². The van der Waals surface area contributed by atoms with Crippen LogP contribution in [0.15, 0.2) is 22.2 Å². The first-order chi connectivity index (χ1) is 23.8. The zero-order valence-electron chi connectivity index (χ0n) is 25.0. The maximum Gasteiger partial charge on any atom is 0.490 e. The average Bonchev–Trinajstić information content (AvgIpc) is 3.76. The Morgan fingerprint density at radius 1 is 0.686 bits per heavy atom. The van der Waals surface area contributed by atoms with Gasteiger partial charge in [0.05, 0.1) is 25.9 Å². The minimum absolute atomic E-state index is 0.156. The Hall–Kier alpha value is -3.53. The van der Waals surface area contributed by atoms with E-state index in [4.69, 9.17) is 20.9 Å². The summed E-state index contributed by atoms with van der Waals surface area (Å²) in [5, 5.41) is 41.8. The van der Waals surface area contributed by atoms with E-state index in [1.807, 2.05) is 0 Å². The summed E-state index contributed by atoms with van der Waals surface area (Å²) in [5.74, 6) is -0.622. The van der Waals surface area contributed by atoms with Crippen LogP contribution in [-0.4, -0.2) is 124 Å². The van der Waals surface area contributed by atoms with Gasteiger partial charge in [0, 0.05) is 0 Å². The van der Waals surface area contributed by atoms with Crippen LogP contribution in [0.1, 0.15) is 12.5 Å². The van der Waals surface area contributed by atoms with Gasteiger partial charge in [-0.2, -0.15) is 18.6 Å². The van der Waals surface area contributed by atoms with E-state index < -0.39 is 96.9 Å². The molecular formula is C20H27N10O18P3. The number of rotatable bonds is 12. The highest BCUT2D eigenvalue weighted by Gasteiger charge is 2.49. The molecule has 280 valence electrons. The van der Waals surface area contributed by atoms with E-state index >= 15 is 0 Å². The molecule has 2 aliphatic heterocycles. The Balaban J connectivity index is 1.04. The minimum atomic E-state index is -6.00. The van der Waals surface area contributed by atoms with Crippen LogP contribution < -0.4 is 22.6 Å². The second-order valence-electron chi connectivity index (χ2n) is 10.8. The number of nitrogens with zero attached hydrogens (tertiary/aromatic N) is 6. The number of anilines is 2. The third-order valence-electron chi connectivity index (χ3n) is 7.34. The van der Waals surface area contributed by atoms with Gasteiger partial charge in [-0.05, 0) is 0 Å². The number of imidazole rings is 2. The summed E-state index contributed by atoms with van der Waals surface area (Å²) in [6.07, 6.45) is -11.3. The first-order valence-corrected chi connectivity index (χ1v) is 18.4. The molecule has 10 unspecified atom stereocenters. The van der Waals surface area contributed by atoms with E-state index in [2.05, 4.69) is 47.6 Å². The van der Waals surface area contributed by atoms with Crippen molar-refractivity contribution in [2.24, 2.45) is 0 Å². The van der Waals surface area contributed by atoms with Crippen LogP contribution in [0.2, 0.25) is 0 Å². The fourth-order valence-electron chi connectivity index (χ4n) is 5.11. The van der Waals surface area contributed by atoms with Crippen molar-refractivity contribution in [2.75, 3.05) is 24.7 Å². The molecule has 0 saturated carbocycles. The first kappa shape index (κ1) is 37.2. The molecule has 4 aromatic rings. The largest absolute Gasteiger partial charge is 0.490 e. The summed E-state index contributed by atoms with van der Waals surface area (Å²) < 4.78 is 67.4. The Bertz CT molecular complexity index is 2080. The molecule has 10 atom stereocenters. The minimum Gasteiger partial charge on any atom is -0.387 e. The number of aliphatic hydroxyl groups excluding tert-OH is 4. The lowest BCUT2D eigenvalue weighted by molar-refractivity contribution is -0.0510. The number of nitrogens with two attached hydrogens (primary N) is 2. The van der Waals surface area contributed by atoms with Crippen molar-refractivity contribution in [3.63, 3.8) is 0 Å². The molecule has 51 heavy (non-hydrogen) atoms. The molecule has 0 bridgehead atoms. The number of aromatic amines is 2. The quantitative estimate of drug-likeness (QED) is 0.0610. The van der Waals surface area contributed by atoms with E-state index in [-0.39, 0.29) is 34.2 Å². The number of phosphoric ester groups is 2. The van der Waals surface area contributed by atoms with Crippen LogP contribution in [0.3, 0.4) is 0 Å². The standard InChI is InChI=1S/C20H27N10O18P3/c21-19-25-13-7(15(35)27-19)23-3-29(13)17-11(33)9(31)5(45-17)1-43-49(37,38)47-51(41,42)48-50(39,40)44-2-6-10(32)12(34)18(46-6)30-4-24-8-14(30)26-20(22)28-16(8)36/h3-6,9-12,17-18,31-34H,1-2H2,(H,37,38)(H,39,40)(H,41,42)(H3,21,25,27,35)(H3,22,26,28,36). The van der Waals surface area contributed by atoms with Crippen LogP contribution in [0.5, 0.6) is 0 Å². The van der Waals surface area contributed by atoms with Gasteiger partial charge in [-0.25, -0.2) is 23.7 Å². The van der Waals surface area contributed by atoms with Gasteiger partial charge in [0.25, 0.3) is 11.1 Å². The smallest absolute Gasteiger partial charge is 0.387 e. The second kappa shape index (κ2) is 13.5. The fraction of sp³-hybridized carbons (Fsp3) is 0.500. The number of nitrogen functional groups attached to an aromatic ring is 2. The zero-order chi connectivity index (χ0) is 37.2. The Morgan fingerprint density at radius 3 is 1.43 bits per heavy atom. The SMILES string of the molecule is Nc1nc2c(ncn2C2OC(COP(=O)(O)OP(=O)(O)OP(=O)(O)OCC3OC(n4cnc5c(=O)[nH]c(N)nc54)C(O)C3O)C(O)C2O)c(=O)[nH]1. The predicted molar refractivity (Wildman–Crippen MR) is 161 cm³/mol. The van der Waals surface area contributed by atoms with Crippen molar-refractivity contribution in [3.05, 3.63) is 33.4 Å². The average molecular weight is 788 g/mol. The van der Waals surface area contributed by atoms with Gasteiger partial charge in [-0.15, -0.1) is 0 Å². The molecule has 2 aliphatic rings. The maximum atomic E-state index is 12.4. The Kier molecular flexibility index (Phi) is 9.83. The lowest BCUT2D eigenvalue weighted by Gasteiger charge is -2.21. The molecular weight excluding hydrogens is 761 g/mol. The third-order valence-corrected chi connectivity index (χ3v) is 11.6. The summed E-state index contributed by atoms with van der Waals surface area (Å²) in [6, 6.07) is 0. The molecule has 6 heterocycles. The van der Waals surface area contributed by atoms with E-state index in [1.165, 1.54) is 0 Å². The molecule has 0 radical (unpaired) electrons. The summed E-state index contributed by atoms with van der Waals surface area (Å²) in [4.78, 5) is 73.8. The number of nitrogens with one attached hydrogen (secondary N) is 2. The number of H-pyrrole nitrogens is 2. The van der Waals surface area contributed by atoms with E-state index in [0.29, 0.717) is 0 Å². The van der Waals surface area contributed by atoms with Gasteiger partial charge in [-0.3, -0.25) is 37.7 Å². The van der Waals surface area contributed by atoms with E-state index in [1.54, 1.807) is 0 Å². The molecule has 13 N–H and O–H groups in total. The molecule has 0 amide bonds. The summed E-state index contributed by atoms with van der Waals surface area (Å²) in [5.41, 5.74) is 8.90. The van der Waals surface area contributed by atoms with Gasteiger partial charge in [0.2, 0.25) is 11.9 Å². The van der Waals surface area contributed by atoms with E-state index in [9.17, 15) is 58.4 Å². The normalized spacial score (nSPS) is 30.4. The Labute approximate surface area is 280 Å². The van der Waals surface area contributed by atoms with Crippen LogP contribution in [-0.2, 0) is 40.8 Å². The maximum absolute atomic E-state index is 12.4. The number of aromatic nitrogens is 8. The summed E-state index contributed by atoms with van der Waals surface area (Å²) in [7, 11) is -17.4. The van der Waals surface area contributed by atoms with Crippen molar-refractivity contribution in [2.45, 2.75) is 49.1 Å². The first-order valence-electron chi connectivity index (χ1n) is 13.9. The Morgan fingerprint density at radius 2 is 1.06 bits per heavy atom. The van der Waals surface area contributed by atoms with Crippen molar-refractivity contribution in [1.82, 2.24) is 39.0 Å². The molecule has 31 heteroatoms.